The van der Waals surface area contributed by atoms with E-state index < -0.39 is 23.3 Å². The number of aromatic hydroxyl groups is 3. The van der Waals surface area contributed by atoms with Crippen molar-refractivity contribution in [3.8, 4) is 17.2 Å². The second-order valence-electron chi connectivity index (χ2n) is 5.51. The van der Waals surface area contributed by atoms with Crippen molar-refractivity contribution >= 4 is 28.8 Å². The first-order chi connectivity index (χ1) is 12.5. The number of rotatable bonds is 4. The molecule has 0 saturated heterocycles. The Bertz CT molecular complexity index is 889. The van der Waals surface area contributed by atoms with Gasteiger partial charge in [0.15, 0.2) is 17.2 Å². The van der Waals surface area contributed by atoms with E-state index in [1.807, 2.05) is 42.5 Å². The van der Waals surface area contributed by atoms with Gasteiger partial charge in [-0.1, -0.05) is 18.2 Å². The van der Waals surface area contributed by atoms with Crippen molar-refractivity contribution < 1.29 is 20.1 Å². The number of benzene rings is 3. The molecule has 0 unspecified atom stereocenters. The number of hydrogen-bond donors (Lipinski definition) is 6. The van der Waals surface area contributed by atoms with Crippen LogP contribution in [0.4, 0.5) is 27.5 Å². The van der Waals surface area contributed by atoms with Crippen LogP contribution >= 0.6 is 0 Å². The number of carbonyl (C=O) groups excluding carboxylic acids is 1. The van der Waals surface area contributed by atoms with Crippen molar-refractivity contribution in [3.63, 3.8) is 0 Å². The van der Waals surface area contributed by atoms with Crippen LogP contribution in [0.2, 0.25) is 0 Å². The third kappa shape index (κ3) is 4.15. The number of phenols is 3. The van der Waals surface area contributed by atoms with Crippen LogP contribution in [0.1, 0.15) is 0 Å². The highest BCUT2D eigenvalue weighted by Crippen LogP contribution is 2.37. The molecule has 132 valence electrons. The maximum atomic E-state index is 12.0. The Morgan fingerprint density at radius 3 is 1.77 bits per heavy atom. The standard InChI is InChI=1S/C19H17N3O4/c23-16-10-15(11-17(24)18(16)25)22-19(26)21-14-8-6-13(7-9-14)20-12-4-2-1-3-5-12/h1-11,20,23-25H,(H2,21,22,26). The van der Waals surface area contributed by atoms with E-state index in [9.17, 15) is 20.1 Å². The molecular formula is C19H17N3O4. The molecule has 6 N–H and O–H groups in total. The Hall–Kier alpha value is -3.87. The summed E-state index contributed by atoms with van der Waals surface area (Å²) in [5.74, 6) is -1.70. The van der Waals surface area contributed by atoms with Crippen molar-refractivity contribution in [1.29, 1.82) is 0 Å². The molecular weight excluding hydrogens is 334 g/mol. The van der Waals surface area contributed by atoms with Gasteiger partial charge in [0.2, 0.25) is 0 Å². The largest absolute Gasteiger partial charge is 0.504 e. The molecule has 3 aromatic rings. The van der Waals surface area contributed by atoms with Crippen molar-refractivity contribution in [3.05, 3.63) is 66.7 Å². The third-order valence-corrected chi connectivity index (χ3v) is 3.53. The zero-order chi connectivity index (χ0) is 18.5. The van der Waals surface area contributed by atoms with Gasteiger partial charge in [0.25, 0.3) is 0 Å². The molecule has 0 heterocycles. The molecule has 0 aromatic heterocycles. The lowest BCUT2D eigenvalue weighted by Crippen LogP contribution is -2.19. The molecule has 0 radical (unpaired) electrons. The van der Waals surface area contributed by atoms with E-state index in [1.54, 1.807) is 12.1 Å². The Morgan fingerprint density at radius 2 is 1.15 bits per heavy atom. The minimum absolute atomic E-state index is 0.137. The fraction of sp³-hybridized carbons (Fsp3) is 0. The third-order valence-electron chi connectivity index (χ3n) is 3.53. The van der Waals surface area contributed by atoms with Crippen LogP contribution in [0.5, 0.6) is 17.2 Å². The van der Waals surface area contributed by atoms with Crippen molar-refractivity contribution in [2.24, 2.45) is 0 Å². The average molecular weight is 351 g/mol. The fourth-order valence-electron chi connectivity index (χ4n) is 2.29. The fourth-order valence-corrected chi connectivity index (χ4v) is 2.29. The molecule has 0 fully saturated rings. The van der Waals surface area contributed by atoms with E-state index >= 15 is 0 Å². The predicted molar refractivity (Wildman–Crippen MR) is 100 cm³/mol. The van der Waals surface area contributed by atoms with Gasteiger partial charge < -0.3 is 31.3 Å². The Kier molecular flexibility index (Phi) is 4.80. The highest BCUT2D eigenvalue weighted by Gasteiger charge is 2.10. The van der Waals surface area contributed by atoms with Crippen molar-refractivity contribution in [1.82, 2.24) is 0 Å². The summed E-state index contributed by atoms with van der Waals surface area (Å²) in [5, 5.41) is 36.5. The van der Waals surface area contributed by atoms with E-state index in [-0.39, 0.29) is 5.69 Å². The van der Waals surface area contributed by atoms with Crippen LogP contribution in [0.25, 0.3) is 0 Å². The molecule has 0 bridgehead atoms. The van der Waals surface area contributed by atoms with Gasteiger partial charge in [-0.25, -0.2) is 4.79 Å². The maximum absolute atomic E-state index is 12.0. The smallest absolute Gasteiger partial charge is 0.323 e. The van der Waals surface area contributed by atoms with E-state index in [1.165, 1.54) is 0 Å². The van der Waals surface area contributed by atoms with Crippen LogP contribution in [0.3, 0.4) is 0 Å². The lowest BCUT2D eigenvalue weighted by Gasteiger charge is -2.10. The first kappa shape index (κ1) is 17.0. The van der Waals surface area contributed by atoms with Crippen LogP contribution in [-0.2, 0) is 0 Å². The van der Waals surface area contributed by atoms with Gasteiger partial charge in [0.05, 0.1) is 5.69 Å². The average Bonchev–Trinajstić information content (AvgIpc) is 2.62. The molecule has 0 aliphatic carbocycles. The number of para-hydroxylation sites is 1. The first-order valence-corrected chi connectivity index (χ1v) is 7.76. The van der Waals surface area contributed by atoms with Gasteiger partial charge in [-0.2, -0.15) is 0 Å². The summed E-state index contributed by atoms with van der Waals surface area (Å²) in [6.07, 6.45) is 0. The van der Waals surface area contributed by atoms with Gasteiger partial charge in [0.1, 0.15) is 0 Å². The van der Waals surface area contributed by atoms with Gasteiger partial charge >= 0.3 is 6.03 Å². The topological polar surface area (TPSA) is 114 Å². The summed E-state index contributed by atoms with van der Waals surface area (Å²) in [4.78, 5) is 12.0. The van der Waals surface area contributed by atoms with Crippen LogP contribution in [0, 0.1) is 0 Å². The molecule has 2 amide bonds. The quantitative estimate of drug-likeness (QED) is 0.312. The molecule has 3 aromatic carbocycles. The number of urea groups is 1. The van der Waals surface area contributed by atoms with Crippen molar-refractivity contribution in [2.45, 2.75) is 0 Å². The second-order valence-corrected chi connectivity index (χ2v) is 5.51. The highest BCUT2D eigenvalue weighted by atomic mass is 16.3. The number of nitrogens with one attached hydrogen (secondary N) is 3. The van der Waals surface area contributed by atoms with E-state index in [0.29, 0.717) is 5.69 Å². The maximum Gasteiger partial charge on any atom is 0.323 e. The van der Waals surface area contributed by atoms with Crippen LogP contribution in [0.15, 0.2) is 66.7 Å². The molecule has 0 aliphatic heterocycles. The Labute approximate surface area is 149 Å². The molecule has 7 heteroatoms. The van der Waals surface area contributed by atoms with Gasteiger partial charge in [-0.15, -0.1) is 0 Å². The number of hydrogen-bond acceptors (Lipinski definition) is 5. The summed E-state index contributed by atoms with van der Waals surface area (Å²) in [6, 6.07) is 18.5. The van der Waals surface area contributed by atoms with Crippen molar-refractivity contribution in [2.75, 3.05) is 16.0 Å². The zero-order valence-corrected chi connectivity index (χ0v) is 13.6. The van der Waals surface area contributed by atoms with Gasteiger partial charge in [-0.05, 0) is 36.4 Å². The first-order valence-electron chi connectivity index (χ1n) is 7.76. The normalized spacial score (nSPS) is 10.2. The number of anilines is 4. The summed E-state index contributed by atoms with van der Waals surface area (Å²) in [6.45, 7) is 0. The minimum Gasteiger partial charge on any atom is -0.504 e. The van der Waals surface area contributed by atoms with Crippen LogP contribution < -0.4 is 16.0 Å². The Morgan fingerprint density at radius 1 is 0.654 bits per heavy atom. The summed E-state index contributed by atoms with van der Waals surface area (Å²) in [7, 11) is 0. The summed E-state index contributed by atoms with van der Waals surface area (Å²) in [5.41, 5.74) is 2.53. The van der Waals surface area contributed by atoms with Gasteiger partial charge in [-0.3, -0.25) is 0 Å². The summed E-state index contributed by atoms with van der Waals surface area (Å²) < 4.78 is 0. The van der Waals surface area contributed by atoms with E-state index in [2.05, 4.69) is 16.0 Å². The minimum atomic E-state index is -0.641. The number of amides is 2. The monoisotopic (exact) mass is 351 g/mol. The highest BCUT2D eigenvalue weighted by molar-refractivity contribution is 6.00. The molecule has 0 atom stereocenters. The number of phenolic OH excluding ortho intramolecular Hbond substituents is 3. The molecule has 0 saturated carbocycles. The lowest BCUT2D eigenvalue weighted by molar-refractivity contribution is 0.262. The van der Waals surface area contributed by atoms with Gasteiger partial charge in [0, 0.05) is 29.2 Å². The van der Waals surface area contributed by atoms with E-state index in [4.69, 9.17) is 0 Å². The van der Waals surface area contributed by atoms with E-state index in [0.717, 1.165) is 23.5 Å². The molecule has 0 aliphatic rings. The summed E-state index contributed by atoms with van der Waals surface area (Å²) >= 11 is 0. The number of carbonyl (C=O) groups is 1. The van der Waals surface area contributed by atoms with Crippen LogP contribution in [-0.4, -0.2) is 21.4 Å². The SMILES string of the molecule is O=C(Nc1ccc(Nc2ccccc2)cc1)Nc1cc(O)c(O)c(O)c1. The molecule has 7 nitrogen and oxygen atoms in total. The second kappa shape index (κ2) is 7.35. The zero-order valence-electron chi connectivity index (χ0n) is 13.6. The molecule has 0 spiro atoms. The Balaban J connectivity index is 1.61. The molecule has 3 rings (SSSR count). The predicted octanol–water partition coefficient (Wildman–Crippen LogP) is 4.19. The molecule has 26 heavy (non-hydrogen) atoms. The lowest BCUT2D eigenvalue weighted by atomic mass is 10.2.